The topological polar surface area (TPSA) is 93.7 Å². The predicted octanol–water partition coefficient (Wildman–Crippen LogP) is 2.88. The van der Waals surface area contributed by atoms with Crippen molar-refractivity contribution in [2.24, 2.45) is 0 Å². The zero-order valence-electron chi connectivity index (χ0n) is 17.1. The number of carbonyl (C=O) groups is 2. The molecular formula is C20H26N4O4S. The van der Waals surface area contributed by atoms with E-state index in [-0.39, 0.29) is 30.4 Å². The summed E-state index contributed by atoms with van der Waals surface area (Å²) < 4.78 is 10.7. The summed E-state index contributed by atoms with van der Waals surface area (Å²) in [5.41, 5.74) is 1.94. The van der Waals surface area contributed by atoms with Gasteiger partial charge in [-0.25, -0.2) is 14.8 Å². The molecule has 3 rings (SSSR count). The molecule has 1 saturated heterocycles. The maximum Gasteiger partial charge on any atom is 0.339 e. The van der Waals surface area contributed by atoms with E-state index in [0.29, 0.717) is 16.4 Å². The molecule has 156 valence electrons. The molecule has 2 unspecified atom stereocenters. The minimum absolute atomic E-state index is 0.198. The molecule has 3 heterocycles. The van der Waals surface area contributed by atoms with Crippen LogP contribution in [-0.4, -0.2) is 58.6 Å². The maximum absolute atomic E-state index is 12.5. The van der Waals surface area contributed by atoms with Crippen LogP contribution in [0, 0.1) is 6.92 Å². The largest absolute Gasteiger partial charge is 0.462 e. The number of thiazole rings is 1. The Bertz CT molecular complexity index is 875. The Hall–Kier alpha value is -2.36. The Morgan fingerprint density at radius 2 is 2.00 bits per heavy atom. The third kappa shape index (κ3) is 5.59. The highest BCUT2D eigenvalue weighted by atomic mass is 32.1. The van der Waals surface area contributed by atoms with Gasteiger partial charge >= 0.3 is 5.97 Å². The van der Waals surface area contributed by atoms with Crippen molar-refractivity contribution in [3.63, 3.8) is 0 Å². The molecule has 2 atom stereocenters. The van der Waals surface area contributed by atoms with Crippen LogP contribution in [0.5, 0.6) is 0 Å². The van der Waals surface area contributed by atoms with Gasteiger partial charge in [-0.05, 0) is 39.8 Å². The van der Waals surface area contributed by atoms with E-state index in [2.05, 4.69) is 34.0 Å². The van der Waals surface area contributed by atoms with Gasteiger partial charge in [-0.3, -0.25) is 15.0 Å². The number of carbonyl (C=O) groups excluding carboxylic acids is 2. The molecule has 2 aromatic heterocycles. The van der Waals surface area contributed by atoms with Gasteiger partial charge in [0.15, 0.2) is 5.13 Å². The number of amides is 1. The number of hydrogen-bond acceptors (Lipinski definition) is 8. The first-order valence-electron chi connectivity index (χ1n) is 9.64. The zero-order valence-corrected chi connectivity index (χ0v) is 17.9. The number of hydrogen-bond donors (Lipinski definition) is 1. The molecule has 1 aliphatic heterocycles. The summed E-state index contributed by atoms with van der Waals surface area (Å²) in [6.45, 7) is 10.3. The molecule has 0 radical (unpaired) electrons. The Kier molecular flexibility index (Phi) is 6.94. The Labute approximate surface area is 174 Å². The number of anilines is 1. The first kappa shape index (κ1) is 21.4. The molecule has 1 fully saturated rings. The molecule has 2 aromatic rings. The van der Waals surface area contributed by atoms with Crippen LogP contribution in [0.4, 0.5) is 5.13 Å². The summed E-state index contributed by atoms with van der Waals surface area (Å²) in [6, 6.07) is 3.07. The predicted molar refractivity (Wildman–Crippen MR) is 110 cm³/mol. The average Bonchev–Trinajstić information content (AvgIpc) is 3.07. The highest BCUT2D eigenvalue weighted by Crippen LogP contribution is 2.20. The smallest absolute Gasteiger partial charge is 0.339 e. The van der Waals surface area contributed by atoms with Gasteiger partial charge in [0.1, 0.15) is 5.69 Å². The van der Waals surface area contributed by atoms with E-state index in [1.807, 2.05) is 5.38 Å². The lowest BCUT2D eigenvalue weighted by atomic mass is 10.2. The summed E-state index contributed by atoms with van der Waals surface area (Å²) in [5.74, 6) is -0.807. The van der Waals surface area contributed by atoms with Crippen molar-refractivity contribution in [1.29, 1.82) is 0 Å². The Balaban J connectivity index is 1.61. The fraction of sp³-hybridized carbons (Fsp3) is 0.500. The third-order valence-corrected chi connectivity index (χ3v) is 5.27. The SMILES string of the molecule is CCOC(=O)c1ccc(C(=O)Nc2nc(CN3CC(C)OC(C)C3)cs2)nc1C. The molecule has 1 N–H and O–H groups in total. The van der Waals surface area contributed by atoms with Gasteiger partial charge in [-0.15, -0.1) is 11.3 Å². The summed E-state index contributed by atoms with van der Waals surface area (Å²) in [6.07, 6.45) is 0.395. The number of esters is 1. The number of aryl methyl sites for hydroxylation is 1. The lowest BCUT2D eigenvalue weighted by molar-refractivity contribution is -0.0707. The van der Waals surface area contributed by atoms with E-state index >= 15 is 0 Å². The van der Waals surface area contributed by atoms with Gasteiger partial charge in [0.05, 0.1) is 35.8 Å². The molecule has 0 saturated carbocycles. The van der Waals surface area contributed by atoms with E-state index < -0.39 is 5.97 Å². The van der Waals surface area contributed by atoms with Crippen LogP contribution < -0.4 is 5.32 Å². The minimum atomic E-state index is -0.444. The summed E-state index contributed by atoms with van der Waals surface area (Å²) >= 11 is 1.38. The highest BCUT2D eigenvalue weighted by molar-refractivity contribution is 7.13. The molecule has 1 aliphatic rings. The molecule has 29 heavy (non-hydrogen) atoms. The standard InChI is InChI=1S/C20H26N4O4S/c1-5-27-19(26)16-6-7-17(21-14(16)4)18(25)23-20-22-15(11-29-20)10-24-8-12(2)28-13(3)9-24/h6-7,11-13H,5,8-10H2,1-4H3,(H,22,23,25). The quantitative estimate of drug-likeness (QED) is 0.721. The number of nitrogens with zero attached hydrogens (tertiary/aromatic N) is 3. The second kappa shape index (κ2) is 9.43. The molecule has 1 amide bonds. The van der Waals surface area contributed by atoms with Crippen molar-refractivity contribution in [3.05, 3.63) is 40.2 Å². The average molecular weight is 419 g/mol. The molecule has 0 aromatic carbocycles. The van der Waals surface area contributed by atoms with Crippen molar-refractivity contribution in [2.45, 2.75) is 46.4 Å². The van der Waals surface area contributed by atoms with Crippen molar-refractivity contribution in [2.75, 3.05) is 25.0 Å². The Morgan fingerprint density at radius 3 is 2.66 bits per heavy atom. The lowest BCUT2D eigenvalue weighted by Gasteiger charge is -2.34. The first-order valence-corrected chi connectivity index (χ1v) is 10.5. The van der Waals surface area contributed by atoms with Gasteiger partial charge < -0.3 is 9.47 Å². The van der Waals surface area contributed by atoms with Crippen molar-refractivity contribution in [3.8, 4) is 0 Å². The highest BCUT2D eigenvalue weighted by Gasteiger charge is 2.23. The van der Waals surface area contributed by atoms with Crippen LogP contribution in [-0.2, 0) is 16.0 Å². The van der Waals surface area contributed by atoms with Gasteiger partial charge in [-0.2, -0.15) is 0 Å². The number of pyridine rings is 1. The zero-order chi connectivity index (χ0) is 21.0. The molecule has 0 bridgehead atoms. The summed E-state index contributed by atoms with van der Waals surface area (Å²) in [7, 11) is 0. The Morgan fingerprint density at radius 1 is 1.28 bits per heavy atom. The fourth-order valence-electron chi connectivity index (χ4n) is 3.35. The number of ether oxygens (including phenoxy) is 2. The molecule has 9 heteroatoms. The number of rotatable bonds is 6. The normalized spacial score (nSPS) is 19.7. The van der Waals surface area contributed by atoms with Gasteiger partial charge in [0, 0.05) is 25.0 Å². The van der Waals surface area contributed by atoms with Gasteiger partial charge in [-0.1, -0.05) is 0 Å². The fourth-order valence-corrected chi connectivity index (χ4v) is 4.05. The van der Waals surface area contributed by atoms with E-state index in [1.54, 1.807) is 19.9 Å². The van der Waals surface area contributed by atoms with Gasteiger partial charge in [0.2, 0.25) is 0 Å². The van der Waals surface area contributed by atoms with E-state index in [1.165, 1.54) is 17.4 Å². The van der Waals surface area contributed by atoms with Crippen LogP contribution >= 0.6 is 11.3 Å². The maximum atomic E-state index is 12.5. The molecular weight excluding hydrogens is 392 g/mol. The van der Waals surface area contributed by atoms with Crippen LogP contribution in [0.25, 0.3) is 0 Å². The van der Waals surface area contributed by atoms with Crippen molar-refractivity contribution in [1.82, 2.24) is 14.9 Å². The van der Waals surface area contributed by atoms with Crippen LogP contribution in [0.1, 0.15) is 53.0 Å². The lowest BCUT2D eigenvalue weighted by Crippen LogP contribution is -2.44. The van der Waals surface area contributed by atoms with Crippen molar-refractivity contribution >= 4 is 28.3 Å². The minimum Gasteiger partial charge on any atom is -0.462 e. The second-order valence-electron chi connectivity index (χ2n) is 7.10. The van der Waals surface area contributed by atoms with Crippen LogP contribution in [0.3, 0.4) is 0 Å². The molecule has 0 spiro atoms. The number of aromatic nitrogens is 2. The van der Waals surface area contributed by atoms with E-state index in [0.717, 1.165) is 25.3 Å². The van der Waals surface area contributed by atoms with Crippen LogP contribution in [0.2, 0.25) is 0 Å². The van der Waals surface area contributed by atoms with E-state index in [9.17, 15) is 9.59 Å². The van der Waals surface area contributed by atoms with Crippen molar-refractivity contribution < 1.29 is 19.1 Å². The first-order chi connectivity index (χ1) is 13.9. The van der Waals surface area contributed by atoms with E-state index in [4.69, 9.17) is 9.47 Å². The van der Waals surface area contributed by atoms with Gasteiger partial charge in [0.25, 0.3) is 5.91 Å². The molecule has 8 nitrogen and oxygen atoms in total. The summed E-state index contributed by atoms with van der Waals surface area (Å²) in [4.78, 5) is 35.4. The summed E-state index contributed by atoms with van der Waals surface area (Å²) in [5, 5.41) is 5.25. The third-order valence-electron chi connectivity index (χ3n) is 4.47. The molecule has 0 aliphatic carbocycles. The number of morpholine rings is 1. The number of nitrogens with one attached hydrogen (secondary N) is 1. The van der Waals surface area contributed by atoms with Crippen LogP contribution in [0.15, 0.2) is 17.5 Å². The monoisotopic (exact) mass is 418 g/mol. The second-order valence-corrected chi connectivity index (χ2v) is 7.96.